The van der Waals surface area contributed by atoms with Gasteiger partial charge in [-0.25, -0.2) is 0 Å². The van der Waals surface area contributed by atoms with E-state index in [1.165, 1.54) is 4.40 Å². The predicted octanol–water partition coefficient (Wildman–Crippen LogP) is 4.10. The highest BCUT2D eigenvalue weighted by atomic mass is 16.3. The lowest BCUT2D eigenvalue weighted by Gasteiger charge is -2.16. The van der Waals surface area contributed by atoms with E-state index in [0.29, 0.717) is 22.2 Å². The van der Waals surface area contributed by atoms with Gasteiger partial charge in [-0.1, -0.05) is 72.8 Å². The monoisotopic (exact) mass is 394 g/mol. The lowest BCUT2D eigenvalue weighted by Crippen LogP contribution is -2.26. The number of fused-ring (bicyclic) bond motifs is 3. The van der Waals surface area contributed by atoms with E-state index in [1.807, 2.05) is 66.7 Å². The fourth-order valence-electron chi connectivity index (χ4n) is 3.95. The van der Waals surface area contributed by atoms with Gasteiger partial charge in [-0.3, -0.25) is 14.0 Å². The Balaban J connectivity index is 1.97. The minimum Gasteiger partial charge on any atom is -0.507 e. The fraction of sp³-hybridized carbons (Fsp3) is 0.0400. The van der Waals surface area contributed by atoms with Gasteiger partial charge in [-0.15, -0.1) is 0 Å². The number of aromatic amines is 1. The average Bonchev–Trinajstić information content (AvgIpc) is 2.78. The Kier molecular flexibility index (Phi) is 4.21. The first kappa shape index (κ1) is 17.9. The molecule has 146 valence electrons. The first-order valence-electron chi connectivity index (χ1n) is 9.66. The SMILES string of the molecule is O=c1[nH]c2ccccc2n2c(=O)c(Cc3ccccc3)c(O)c(-c3ccccc3)c12. The summed E-state index contributed by atoms with van der Waals surface area (Å²) in [4.78, 5) is 29.4. The van der Waals surface area contributed by atoms with Crippen molar-refractivity contribution < 1.29 is 5.11 Å². The van der Waals surface area contributed by atoms with Crippen LogP contribution in [0, 0.1) is 0 Å². The highest BCUT2D eigenvalue weighted by Crippen LogP contribution is 2.34. The summed E-state index contributed by atoms with van der Waals surface area (Å²) < 4.78 is 1.43. The maximum atomic E-state index is 13.6. The molecule has 0 aliphatic heterocycles. The third kappa shape index (κ3) is 2.79. The Hall–Kier alpha value is -4.12. The van der Waals surface area contributed by atoms with Crippen LogP contribution in [0.15, 0.2) is 94.5 Å². The van der Waals surface area contributed by atoms with Crippen LogP contribution in [0.2, 0.25) is 0 Å². The molecule has 0 bridgehead atoms. The minimum absolute atomic E-state index is 0.138. The number of pyridine rings is 1. The van der Waals surface area contributed by atoms with Gasteiger partial charge in [0.1, 0.15) is 11.3 Å². The molecule has 5 rings (SSSR count). The summed E-state index contributed by atoms with van der Waals surface area (Å²) in [5.74, 6) is -0.157. The highest BCUT2D eigenvalue weighted by Gasteiger charge is 2.22. The van der Waals surface area contributed by atoms with Crippen LogP contribution < -0.4 is 11.1 Å². The zero-order chi connectivity index (χ0) is 20.7. The number of hydrogen-bond donors (Lipinski definition) is 2. The van der Waals surface area contributed by atoms with Crippen LogP contribution in [0.1, 0.15) is 11.1 Å². The van der Waals surface area contributed by atoms with E-state index in [-0.39, 0.29) is 23.3 Å². The van der Waals surface area contributed by atoms with Crippen LogP contribution in [0.25, 0.3) is 27.7 Å². The normalized spacial score (nSPS) is 11.2. The molecule has 2 heterocycles. The van der Waals surface area contributed by atoms with Gasteiger partial charge >= 0.3 is 0 Å². The van der Waals surface area contributed by atoms with Gasteiger partial charge in [-0.05, 0) is 23.3 Å². The van der Waals surface area contributed by atoms with Crippen molar-refractivity contribution in [2.45, 2.75) is 6.42 Å². The molecule has 30 heavy (non-hydrogen) atoms. The second-order valence-electron chi connectivity index (χ2n) is 7.19. The predicted molar refractivity (Wildman–Crippen MR) is 118 cm³/mol. The summed E-state index contributed by atoms with van der Waals surface area (Å²) in [7, 11) is 0. The molecule has 5 heteroatoms. The molecule has 0 spiro atoms. The Morgan fingerprint density at radius 1 is 0.800 bits per heavy atom. The Labute approximate surface area is 171 Å². The number of nitrogens with one attached hydrogen (secondary N) is 1. The fourth-order valence-corrected chi connectivity index (χ4v) is 3.95. The molecular formula is C25H18N2O3. The molecule has 0 aliphatic rings. The number of nitrogens with zero attached hydrogens (tertiary/aromatic N) is 1. The number of rotatable bonds is 3. The van der Waals surface area contributed by atoms with Crippen molar-refractivity contribution in [3.63, 3.8) is 0 Å². The van der Waals surface area contributed by atoms with Crippen molar-refractivity contribution in [2.75, 3.05) is 0 Å². The first-order valence-corrected chi connectivity index (χ1v) is 9.66. The maximum absolute atomic E-state index is 13.6. The van der Waals surface area contributed by atoms with E-state index >= 15 is 0 Å². The smallest absolute Gasteiger partial charge is 0.273 e. The molecule has 5 nitrogen and oxygen atoms in total. The molecule has 3 aromatic carbocycles. The van der Waals surface area contributed by atoms with Gasteiger partial charge in [0, 0.05) is 6.42 Å². The first-order chi connectivity index (χ1) is 14.6. The van der Waals surface area contributed by atoms with Gasteiger partial charge in [0.15, 0.2) is 0 Å². The van der Waals surface area contributed by atoms with Crippen molar-refractivity contribution in [2.24, 2.45) is 0 Å². The topological polar surface area (TPSA) is 74.6 Å². The number of hydrogen-bond acceptors (Lipinski definition) is 3. The third-order valence-corrected chi connectivity index (χ3v) is 5.34. The number of aromatic hydroxyl groups is 1. The molecule has 2 aromatic heterocycles. The average molecular weight is 394 g/mol. The van der Waals surface area contributed by atoms with E-state index in [1.54, 1.807) is 18.2 Å². The Morgan fingerprint density at radius 2 is 1.43 bits per heavy atom. The van der Waals surface area contributed by atoms with Gasteiger partial charge in [0.25, 0.3) is 11.1 Å². The van der Waals surface area contributed by atoms with Crippen LogP contribution in [0.3, 0.4) is 0 Å². The van der Waals surface area contributed by atoms with Crippen LogP contribution in [0.4, 0.5) is 0 Å². The maximum Gasteiger partial charge on any atom is 0.273 e. The quantitative estimate of drug-likeness (QED) is 0.453. The van der Waals surface area contributed by atoms with E-state index < -0.39 is 11.1 Å². The highest BCUT2D eigenvalue weighted by molar-refractivity contribution is 5.90. The Morgan fingerprint density at radius 3 is 2.17 bits per heavy atom. The van der Waals surface area contributed by atoms with Crippen molar-refractivity contribution in [3.05, 3.63) is 117 Å². The summed E-state index contributed by atoms with van der Waals surface area (Å²) in [6.45, 7) is 0. The number of benzene rings is 3. The van der Waals surface area contributed by atoms with Crippen molar-refractivity contribution in [3.8, 4) is 16.9 Å². The van der Waals surface area contributed by atoms with Crippen molar-refractivity contribution in [1.29, 1.82) is 0 Å². The second kappa shape index (κ2) is 7.04. The van der Waals surface area contributed by atoms with Crippen molar-refractivity contribution in [1.82, 2.24) is 9.38 Å². The van der Waals surface area contributed by atoms with E-state index in [4.69, 9.17) is 0 Å². The zero-order valence-corrected chi connectivity index (χ0v) is 16.0. The van der Waals surface area contributed by atoms with Crippen LogP contribution >= 0.6 is 0 Å². The number of para-hydroxylation sites is 2. The molecule has 0 saturated heterocycles. The standard InChI is InChI=1S/C25H18N2O3/c28-23-18(15-16-9-3-1-4-10-16)25(30)27-20-14-8-7-13-19(20)26-24(29)22(27)21(23)17-11-5-2-6-12-17/h1-14,28H,15H2,(H,26,29). The molecule has 2 N–H and O–H groups in total. The third-order valence-electron chi connectivity index (χ3n) is 5.34. The lowest BCUT2D eigenvalue weighted by atomic mass is 9.97. The Bertz CT molecular complexity index is 1500. The van der Waals surface area contributed by atoms with Crippen LogP contribution in [-0.4, -0.2) is 14.5 Å². The minimum atomic E-state index is -0.425. The molecule has 0 aliphatic carbocycles. The van der Waals surface area contributed by atoms with Crippen molar-refractivity contribution >= 4 is 16.6 Å². The number of H-pyrrole nitrogens is 1. The molecule has 0 atom stereocenters. The summed E-state index contributed by atoms with van der Waals surface area (Å²) in [5, 5.41) is 11.2. The second-order valence-corrected chi connectivity index (χ2v) is 7.19. The van der Waals surface area contributed by atoms with E-state index in [0.717, 1.165) is 5.56 Å². The number of aromatic nitrogens is 2. The summed E-state index contributed by atoms with van der Waals surface area (Å²) in [5.41, 5.74) is 2.65. The molecule has 0 unspecified atom stereocenters. The molecule has 0 saturated carbocycles. The van der Waals surface area contributed by atoms with Crippen LogP contribution in [0.5, 0.6) is 5.75 Å². The molecule has 0 fully saturated rings. The van der Waals surface area contributed by atoms with Gasteiger partial charge in [0.2, 0.25) is 0 Å². The van der Waals surface area contributed by atoms with Gasteiger partial charge in [-0.2, -0.15) is 0 Å². The summed E-state index contributed by atoms with van der Waals surface area (Å²) in [6.07, 6.45) is 0.259. The molecule has 0 radical (unpaired) electrons. The van der Waals surface area contributed by atoms with E-state index in [2.05, 4.69) is 4.98 Å². The lowest BCUT2D eigenvalue weighted by molar-refractivity contribution is 0.470. The van der Waals surface area contributed by atoms with Crippen LogP contribution in [-0.2, 0) is 6.42 Å². The zero-order valence-electron chi connectivity index (χ0n) is 16.0. The van der Waals surface area contributed by atoms with E-state index in [9.17, 15) is 14.7 Å². The molecule has 0 amide bonds. The largest absolute Gasteiger partial charge is 0.507 e. The molecule has 5 aromatic rings. The molecular weight excluding hydrogens is 376 g/mol. The van der Waals surface area contributed by atoms with Gasteiger partial charge in [0.05, 0.1) is 22.2 Å². The summed E-state index contributed by atoms with van der Waals surface area (Å²) in [6, 6.07) is 25.8. The summed E-state index contributed by atoms with van der Waals surface area (Å²) >= 11 is 0. The van der Waals surface area contributed by atoms with Gasteiger partial charge < -0.3 is 10.1 Å².